The maximum Gasteiger partial charge on any atom is 0.336 e. The van der Waals surface area contributed by atoms with Crippen LogP contribution in [-0.4, -0.2) is 24.5 Å². The number of para-hydroxylation sites is 1. The summed E-state index contributed by atoms with van der Waals surface area (Å²) < 4.78 is 3.13. The Labute approximate surface area is 127 Å². The third-order valence-electron chi connectivity index (χ3n) is 3.40. The lowest BCUT2D eigenvalue weighted by Gasteiger charge is -2.08. The lowest BCUT2D eigenvalue weighted by Crippen LogP contribution is -2.10. The van der Waals surface area contributed by atoms with Crippen molar-refractivity contribution in [2.75, 3.05) is 0 Å². The number of nitro groups is 1. The fourth-order valence-electron chi connectivity index (χ4n) is 2.50. The predicted octanol–water partition coefficient (Wildman–Crippen LogP) is 2.89. The molecule has 2 aromatic heterocycles. The lowest BCUT2D eigenvalue weighted by molar-refractivity contribution is -0.385. The van der Waals surface area contributed by atoms with E-state index in [1.807, 2.05) is 50.2 Å². The van der Waals surface area contributed by atoms with Gasteiger partial charge in [-0.25, -0.2) is 9.36 Å². The van der Waals surface area contributed by atoms with Gasteiger partial charge in [0, 0.05) is 5.69 Å². The highest BCUT2D eigenvalue weighted by molar-refractivity contribution is 5.55. The van der Waals surface area contributed by atoms with Crippen LogP contribution in [-0.2, 0) is 0 Å². The van der Waals surface area contributed by atoms with Gasteiger partial charge in [0.2, 0.25) is 5.82 Å². The standard InChI is InChI=1S/C15H15N5O2/c1-10-9-11(2)18(16-10)15-14(20(21)22)12(3)17-19(15)13-7-5-4-6-8-13/h4-9H,1-3H3. The van der Waals surface area contributed by atoms with Gasteiger partial charge < -0.3 is 0 Å². The summed E-state index contributed by atoms with van der Waals surface area (Å²) in [4.78, 5) is 11.1. The van der Waals surface area contributed by atoms with Crippen LogP contribution in [0.2, 0.25) is 0 Å². The Morgan fingerprint density at radius 3 is 2.27 bits per heavy atom. The minimum Gasteiger partial charge on any atom is -0.258 e. The van der Waals surface area contributed by atoms with Crippen molar-refractivity contribution in [2.45, 2.75) is 20.8 Å². The molecule has 112 valence electrons. The minimum absolute atomic E-state index is 0.0324. The first-order chi connectivity index (χ1) is 10.5. The van der Waals surface area contributed by atoms with Crippen molar-refractivity contribution in [3.8, 4) is 11.5 Å². The number of nitrogens with zero attached hydrogens (tertiary/aromatic N) is 5. The average molecular weight is 297 g/mol. The Hall–Kier alpha value is -2.96. The first-order valence-corrected chi connectivity index (χ1v) is 6.82. The third-order valence-corrected chi connectivity index (χ3v) is 3.40. The monoisotopic (exact) mass is 297 g/mol. The summed E-state index contributed by atoms with van der Waals surface area (Å²) in [6.07, 6.45) is 0. The topological polar surface area (TPSA) is 78.8 Å². The van der Waals surface area contributed by atoms with E-state index in [1.54, 1.807) is 16.3 Å². The van der Waals surface area contributed by atoms with Crippen LogP contribution in [0.3, 0.4) is 0 Å². The van der Waals surface area contributed by atoms with E-state index in [9.17, 15) is 10.1 Å². The molecule has 0 spiro atoms. The van der Waals surface area contributed by atoms with E-state index in [-0.39, 0.29) is 5.69 Å². The highest BCUT2D eigenvalue weighted by Crippen LogP contribution is 2.29. The maximum atomic E-state index is 11.5. The van der Waals surface area contributed by atoms with Crippen LogP contribution >= 0.6 is 0 Å². The maximum absolute atomic E-state index is 11.5. The smallest absolute Gasteiger partial charge is 0.258 e. The molecule has 0 N–H and O–H groups in total. The summed E-state index contributed by atoms with van der Waals surface area (Å²) in [5.74, 6) is 0.347. The molecule has 7 nitrogen and oxygen atoms in total. The molecule has 0 atom stereocenters. The Morgan fingerprint density at radius 2 is 1.73 bits per heavy atom. The molecule has 0 unspecified atom stereocenters. The van der Waals surface area contributed by atoms with E-state index >= 15 is 0 Å². The van der Waals surface area contributed by atoms with Gasteiger partial charge in [0.05, 0.1) is 16.3 Å². The first-order valence-electron chi connectivity index (χ1n) is 6.82. The van der Waals surface area contributed by atoms with E-state index in [1.165, 1.54) is 0 Å². The molecule has 1 aromatic carbocycles. The van der Waals surface area contributed by atoms with Crippen molar-refractivity contribution >= 4 is 5.69 Å². The molecule has 3 aromatic rings. The molecule has 0 bridgehead atoms. The minimum atomic E-state index is -0.409. The van der Waals surface area contributed by atoms with Crippen LogP contribution in [0.4, 0.5) is 5.69 Å². The highest BCUT2D eigenvalue weighted by Gasteiger charge is 2.29. The van der Waals surface area contributed by atoms with Crippen molar-refractivity contribution in [1.29, 1.82) is 0 Å². The van der Waals surface area contributed by atoms with E-state index in [0.717, 1.165) is 17.1 Å². The molecule has 2 heterocycles. The second kappa shape index (κ2) is 5.10. The lowest BCUT2D eigenvalue weighted by atomic mass is 10.3. The molecule has 0 radical (unpaired) electrons. The van der Waals surface area contributed by atoms with Gasteiger partial charge >= 0.3 is 5.69 Å². The van der Waals surface area contributed by atoms with Gasteiger partial charge in [-0.3, -0.25) is 10.1 Å². The van der Waals surface area contributed by atoms with Crippen molar-refractivity contribution in [3.63, 3.8) is 0 Å². The number of hydrogen-bond acceptors (Lipinski definition) is 4. The zero-order valence-electron chi connectivity index (χ0n) is 12.5. The molecule has 0 fully saturated rings. The van der Waals surface area contributed by atoms with Crippen LogP contribution in [0.5, 0.6) is 0 Å². The van der Waals surface area contributed by atoms with E-state index < -0.39 is 4.92 Å². The Bertz CT molecular complexity index is 848. The molecule has 0 amide bonds. The number of rotatable bonds is 3. The quantitative estimate of drug-likeness (QED) is 0.550. The number of aryl methyl sites for hydroxylation is 3. The van der Waals surface area contributed by atoms with Gasteiger partial charge in [-0.15, -0.1) is 0 Å². The van der Waals surface area contributed by atoms with Gasteiger partial charge in [0.15, 0.2) is 0 Å². The molecule has 0 aliphatic carbocycles. The highest BCUT2D eigenvalue weighted by atomic mass is 16.6. The first kappa shape index (κ1) is 14.0. The Balaban J connectivity index is 2.35. The molecule has 7 heteroatoms. The molecule has 0 saturated carbocycles. The summed E-state index contributed by atoms with van der Waals surface area (Å²) >= 11 is 0. The van der Waals surface area contributed by atoms with Gasteiger partial charge in [0.1, 0.15) is 5.69 Å². The van der Waals surface area contributed by atoms with Crippen LogP contribution in [0, 0.1) is 30.9 Å². The second-order valence-corrected chi connectivity index (χ2v) is 5.10. The third kappa shape index (κ3) is 2.16. The number of aromatic nitrogens is 4. The summed E-state index contributed by atoms with van der Waals surface area (Å²) in [5.41, 5.74) is 2.69. The Morgan fingerprint density at radius 1 is 1.05 bits per heavy atom. The van der Waals surface area contributed by atoms with E-state index in [2.05, 4.69) is 10.2 Å². The molecular formula is C15H15N5O2. The molecule has 0 saturated heterocycles. The van der Waals surface area contributed by atoms with Crippen LogP contribution in [0.25, 0.3) is 11.5 Å². The molecule has 3 rings (SSSR count). The van der Waals surface area contributed by atoms with Gasteiger partial charge in [0.25, 0.3) is 0 Å². The molecule has 22 heavy (non-hydrogen) atoms. The van der Waals surface area contributed by atoms with Crippen molar-refractivity contribution in [2.24, 2.45) is 0 Å². The van der Waals surface area contributed by atoms with Crippen LogP contribution < -0.4 is 0 Å². The summed E-state index contributed by atoms with van der Waals surface area (Å²) in [5, 5.41) is 20.2. The van der Waals surface area contributed by atoms with Crippen molar-refractivity contribution < 1.29 is 4.92 Å². The molecule has 0 aliphatic heterocycles. The van der Waals surface area contributed by atoms with Crippen molar-refractivity contribution in [1.82, 2.24) is 19.6 Å². The van der Waals surface area contributed by atoms with Crippen LogP contribution in [0.1, 0.15) is 17.1 Å². The summed E-state index contributed by atoms with van der Waals surface area (Å²) in [6.45, 7) is 5.35. The second-order valence-electron chi connectivity index (χ2n) is 5.10. The number of hydrogen-bond donors (Lipinski definition) is 0. The normalized spacial score (nSPS) is 10.9. The van der Waals surface area contributed by atoms with Gasteiger partial charge in [-0.05, 0) is 39.0 Å². The Kier molecular flexibility index (Phi) is 3.25. The fraction of sp³-hybridized carbons (Fsp3) is 0.200. The zero-order valence-corrected chi connectivity index (χ0v) is 12.5. The zero-order chi connectivity index (χ0) is 15.9. The SMILES string of the molecule is Cc1cc(C)n(-c2c([N+](=O)[O-])c(C)nn2-c2ccccc2)n1. The van der Waals surface area contributed by atoms with E-state index in [0.29, 0.717) is 11.5 Å². The molecule has 0 aliphatic rings. The summed E-state index contributed by atoms with van der Waals surface area (Å²) in [6, 6.07) is 11.2. The fourth-order valence-corrected chi connectivity index (χ4v) is 2.50. The van der Waals surface area contributed by atoms with Gasteiger partial charge in [-0.2, -0.15) is 10.2 Å². The predicted molar refractivity (Wildman–Crippen MR) is 81.6 cm³/mol. The van der Waals surface area contributed by atoms with Crippen molar-refractivity contribution in [3.05, 3.63) is 63.6 Å². The number of benzene rings is 1. The average Bonchev–Trinajstić information content (AvgIpc) is 2.99. The van der Waals surface area contributed by atoms with E-state index in [4.69, 9.17) is 0 Å². The molecular weight excluding hydrogens is 282 g/mol. The van der Waals surface area contributed by atoms with Gasteiger partial charge in [-0.1, -0.05) is 18.2 Å². The van der Waals surface area contributed by atoms with Crippen LogP contribution in [0.15, 0.2) is 36.4 Å². The summed E-state index contributed by atoms with van der Waals surface area (Å²) in [7, 11) is 0. The largest absolute Gasteiger partial charge is 0.336 e.